The number of rotatable bonds is 3. The molecule has 1 N–H and O–H groups in total. The van der Waals surface area contributed by atoms with Gasteiger partial charge in [-0.2, -0.15) is 5.10 Å². The van der Waals surface area contributed by atoms with E-state index in [0.29, 0.717) is 36.5 Å². The maximum absolute atomic E-state index is 13.7. The van der Waals surface area contributed by atoms with E-state index in [-0.39, 0.29) is 28.4 Å². The lowest BCUT2D eigenvalue weighted by Crippen LogP contribution is -2.59. The normalized spacial score (nSPS) is 46.9. The lowest BCUT2D eigenvalue weighted by atomic mass is 9.43. The van der Waals surface area contributed by atoms with Crippen LogP contribution in [0.15, 0.2) is 12.4 Å². The first-order valence-corrected chi connectivity index (χ1v) is 12.3. The van der Waals surface area contributed by atoms with Crippen LogP contribution in [0, 0.1) is 47.3 Å². The molecular weight excluding hydrogens is 388 g/mol. The number of fused-ring (bicyclic) bond motifs is 5. The van der Waals surface area contributed by atoms with Crippen LogP contribution in [0.2, 0.25) is 0 Å². The first-order chi connectivity index (χ1) is 14.5. The molecule has 5 heteroatoms. The zero-order valence-electron chi connectivity index (χ0n) is 19.6. The Bertz CT molecular complexity index is 904. The van der Waals surface area contributed by atoms with E-state index in [1.54, 1.807) is 10.9 Å². The zero-order chi connectivity index (χ0) is 22.2. The fourth-order valence-corrected chi connectivity index (χ4v) is 8.60. The van der Waals surface area contributed by atoms with Crippen molar-refractivity contribution in [2.75, 3.05) is 0 Å². The van der Waals surface area contributed by atoms with Gasteiger partial charge in [-0.05, 0) is 92.9 Å². The van der Waals surface area contributed by atoms with Gasteiger partial charge in [0.05, 0.1) is 18.3 Å². The number of aryl methyl sites for hydroxylation is 1. The van der Waals surface area contributed by atoms with Crippen molar-refractivity contribution in [2.45, 2.75) is 91.2 Å². The summed E-state index contributed by atoms with van der Waals surface area (Å²) in [4.78, 5) is 27.0. The smallest absolute Gasteiger partial charge is 0.157 e. The lowest BCUT2D eigenvalue weighted by molar-refractivity contribution is -0.168. The Morgan fingerprint density at radius 1 is 1.16 bits per heavy atom. The van der Waals surface area contributed by atoms with Crippen molar-refractivity contribution in [3.05, 3.63) is 18.0 Å². The highest BCUT2D eigenvalue weighted by atomic mass is 16.3. The zero-order valence-corrected chi connectivity index (χ0v) is 19.6. The molecule has 4 fully saturated rings. The fourth-order valence-electron chi connectivity index (χ4n) is 8.60. The molecule has 0 amide bonds. The third kappa shape index (κ3) is 3.25. The Kier molecular flexibility index (Phi) is 4.82. The van der Waals surface area contributed by atoms with Crippen LogP contribution in [0.5, 0.6) is 0 Å². The molecule has 0 unspecified atom stereocenters. The van der Waals surface area contributed by atoms with E-state index in [1.807, 2.05) is 20.0 Å². The minimum absolute atomic E-state index is 0.0122. The van der Waals surface area contributed by atoms with Crippen molar-refractivity contribution in [3.63, 3.8) is 0 Å². The van der Waals surface area contributed by atoms with Gasteiger partial charge in [-0.15, -0.1) is 0 Å². The Morgan fingerprint density at radius 3 is 2.65 bits per heavy atom. The minimum Gasteiger partial charge on any atom is -0.390 e. The van der Waals surface area contributed by atoms with Gasteiger partial charge >= 0.3 is 0 Å². The summed E-state index contributed by atoms with van der Waals surface area (Å²) in [6.07, 6.45) is 11.0. The van der Waals surface area contributed by atoms with E-state index in [2.05, 4.69) is 18.9 Å². The van der Waals surface area contributed by atoms with Crippen LogP contribution >= 0.6 is 0 Å². The van der Waals surface area contributed by atoms with Crippen LogP contribution < -0.4 is 0 Å². The fraction of sp³-hybridized carbons (Fsp3) is 0.808. The van der Waals surface area contributed by atoms with Gasteiger partial charge in [-0.25, -0.2) is 0 Å². The number of ketones is 2. The molecule has 0 aromatic carbocycles. The van der Waals surface area contributed by atoms with Crippen LogP contribution in [0.3, 0.4) is 0 Å². The van der Waals surface area contributed by atoms with Gasteiger partial charge in [0.15, 0.2) is 5.78 Å². The van der Waals surface area contributed by atoms with Gasteiger partial charge in [0.2, 0.25) is 0 Å². The van der Waals surface area contributed by atoms with E-state index in [1.165, 1.54) is 0 Å². The van der Waals surface area contributed by atoms with Crippen molar-refractivity contribution >= 4 is 11.6 Å². The van der Waals surface area contributed by atoms with Gasteiger partial charge in [0.25, 0.3) is 0 Å². The molecule has 8 atom stereocenters. The standard InChI is InChI=1S/C26H38N2O3/c1-16-13-27-28(14-16)15-22(30)20-8-7-19-18-6-5-17-11-24(2,31)9-10-25(17,3)23(18)21(29)12-26(19,20)4/h13-14,17-20,23,31H,5-12,15H2,1-4H3/t17-,18-,19-,20+,23+,24+,25-,26-/m0/s1. The maximum Gasteiger partial charge on any atom is 0.157 e. The third-order valence-corrected chi connectivity index (χ3v) is 10.1. The van der Waals surface area contributed by atoms with Crippen molar-refractivity contribution in [2.24, 2.45) is 40.4 Å². The highest BCUT2D eigenvalue weighted by Gasteiger charge is 2.64. The number of hydrogen-bond acceptors (Lipinski definition) is 4. The SMILES string of the molecule is Cc1cnn(CC(=O)[C@H]2CC[C@H]3[C@@H]4CC[C@H]5C[C@](C)(O)CC[C@]5(C)[C@H]4C(=O)C[C@]23C)c1. The Hall–Kier alpha value is -1.49. The first-order valence-electron chi connectivity index (χ1n) is 12.3. The third-order valence-electron chi connectivity index (χ3n) is 10.1. The van der Waals surface area contributed by atoms with Crippen LogP contribution in [0.4, 0.5) is 0 Å². The number of carbonyl (C=O) groups is 2. The quantitative estimate of drug-likeness (QED) is 0.780. The summed E-state index contributed by atoms with van der Waals surface area (Å²) in [7, 11) is 0. The Balaban J connectivity index is 1.39. The molecule has 1 heterocycles. The average molecular weight is 427 g/mol. The molecule has 4 aliphatic rings. The van der Waals surface area contributed by atoms with E-state index >= 15 is 0 Å². The largest absolute Gasteiger partial charge is 0.390 e. The van der Waals surface area contributed by atoms with Gasteiger partial charge in [-0.1, -0.05) is 13.8 Å². The highest BCUT2D eigenvalue weighted by molar-refractivity contribution is 5.87. The molecule has 0 spiro atoms. The van der Waals surface area contributed by atoms with Crippen molar-refractivity contribution in [1.29, 1.82) is 0 Å². The summed E-state index contributed by atoms with van der Waals surface area (Å²) in [5, 5.41) is 15.0. The van der Waals surface area contributed by atoms with Crippen LogP contribution in [-0.2, 0) is 16.1 Å². The molecule has 0 saturated heterocycles. The van der Waals surface area contributed by atoms with Crippen LogP contribution in [-0.4, -0.2) is 32.1 Å². The highest BCUT2D eigenvalue weighted by Crippen LogP contribution is 2.67. The van der Waals surface area contributed by atoms with Gasteiger partial charge in [-0.3, -0.25) is 14.3 Å². The predicted octanol–water partition coefficient (Wildman–Crippen LogP) is 4.35. The second-order valence-electron chi connectivity index (χ2n) is 12.2. The first kappa shape index (κ1) is 21.4. The van der Waals surface area contributed by atoms with Crippen LogP contribution in [0.1, 0.15) is 77.7 Å². The molecule has 1 aromatic rings. The molecular formula is C26H38N2O3. The number of carbonyl (C=O) groups excluding carboxylic acids is 2. The van der Waals surface area contributed by atoms with E-state index in [4.69, 9.17) is 0 Å². The molecule has 170 valence electrons. The van der Waals surface area contributed by atoms with Crippen molar-refractivity contribution < 1.29 is 14.7 Å². The molecule has 0 aliphatic heterocycles. The van der Waals surface area contributed by atoms with Crippen molar-refractivity contribution in [3.8, 4) is 0 Å². The molecule has 5 rings (SSSR count). The average Bonchev–Trinajstić information content (AvgIpc) is 3.24. The molecule has 0 radical (unpaired) electrons. The summed E-state index contributed by atoms with van der Waals surface area (Å²) in [5.41, 5.74) is 0.286. The summed E-state index contributed by atoms with van der Waals surface area (Å²) in [6.45, 7) is 8.84. The molecule has 4 aliphatic carbocycles. The summed E-state index contributed by atoms with van der Waals surface area (Å²) >= 11 is 0. The molecule has 0 bridgehead atoms. The predicted molar refractivity (Wildman–Crippen MR) is 118 cm³/mol. The Morgan fingerprint density at radius 2 is 1.94 bits per heavy atom. The second kappa shape index (κ2) is 7.00. The molecule has 31 heavy (non-hydrogen) atoms. The Labute approximate surface area is 186 Å². The number of aliphatic hydroxyl groups is 1. The molecule has 1 aromatic heterocycles. The molecule has 5 nitrogen and oxygen atoms in total. The topological polar surface area (TPSA) is 72.2 Å². The minimum atomic E-state index is -0.584. The monoisotopic (exact) mass is 426 g/mol. The van der Waals surface area contributed by atoms with E-state index in [0.717, 1.165) is 50.5 Å². The van der Waals surface area contributed by atoms with E-state index < -0.39 is 5.60 Å². The van der Waals surface area contributed by atoms with Gasteiger partial charge in [0.1, 0.15) is 5.78 Å². The van der Waals surface area contributed by atoms with Gasteiger partial charge < -0.3 is 5.11 Å². The van der Waals surface area contributed by atoms with Crippen molar-refractivity contribution in [1.82, 2.24) is 9.78 Å². The second-order valence-corrected chi connectivity index (χ2v) is 12.2. The number of hydrogen-bond donors (Lipinski definition) is 1. The number of nitrogens with zero attached hydrogens (tertiary/aromatic N) is 2. The molecule has 4 saturated carbocycles. The van der Waals surface area contributed by atoms with Gasteiger partial charge in [0, 0.05) is 24.5 Å². The van der Waals surface area contributed by atoms with Crippen LogP contribution in [0.25, 0.3) is 0 Å². The lowest BCUT2D eigenvalue weighted by Gasteiger charge is -2.60. The van der Waals surface area contributed by atoms with E-state index in [9.17, 15) is 14.7 Å². The summed E-state index contributed by atoms with van der Waals surface area (Å²) in [5.74, 6) is 2.02. The summed E-state index contributed by atoms with van der Waals surface area (Å²) in [6, 6.07) is 0. The maximum atomic E-state index is 13.7. The summed E-state index contributed by atoms with van der Waals surface area (Å²) < 4.78 is 1.75. The number of aromatic nitrogens is 2. The number of Topliss-reactive ketones (excluding diaryl/α,β-unsaturated/α-hetero) is 2.